The van der Waals surface area contributed by atoms with Gasteiger partial charge in [0, 0.05) is 18.2 Å². The number of nitrogens with one attached hydrogen (secondary N) is 1. The van der Waals surface area contributed by atoms with E-state index >= 15 is 0 Å². The van der Waals surface area contributed by atoms with Gasteiger partial charge in [-0.3, -0.25) is 0 Å². The summed E-state index contributed by atoms with van der Waals surface area (Å²) in [6.07, 6.45) is 0.131. The molecule has 1 aromatic carbocycles. The Kier molecular flexibility index (Phi) is 5.95. The fourth-order valence-electron chi connectivity index (χ4n) is 1.83. The highest BCUT2D eigenvalue weighted by atomic mass is 16.5. The van der Waals surface area contributed by atoms with E-state index in [0.29, 0.717) is 0 Å². The maximum absolute atomic E-state index is 5.91. The summed E-state index contributed by atoms with van der Waals surface area (Å²) in [7, 11) is 5.21. The van der Waals surface area contributed by atoms with Crippen molar-refractivity contribution in [3.63, 3.8) is 0 Å². The molecule has 0 radical (unpaired) electrons. The largest absolute Gasteiger partial charge is 0.497 e. The molecule has 1 rings (SSSR count). The molecule has 0 fully saturated rings. The molecule has 0 saturated carbocycles. The average Bonchev–Trinajstić information content (AvgIpc) is 2.37. The highest BCUT2D eigenvalue weighted by Crippen LogP contribution is 2.31. The molecule has 102 valence electrons. The third-order valence-electron chi connectivity index (χ3n) is 2.61. The Balaban J connectivity index is 3.02. The van der Waals surface area contributed by atoms with Gasteiger partial charge < -0.3 is 19.5 Å². The zero-order valence-electron chi connectivity index (χ0n) is 11.8. The maximum atomic E-state index is 5.91. The molecule has 4 nitrogen and oxygen atoms in total. The van der Waals surface area contributed by atoms with Crippen LogP contribution in [0.5, 0.6) is 11.5 Å². The third-order valence-corrected chi connectivity index (χ3v) is 2.61. The molecule has 4 heteroatoms. The Morgan fingerprint density at radius 3 is 2.39 bits per heavy atom. The number of ether oxygens (including phenoxy) is 3. The van der Waals surface area contributed by atoms with Crippen LogP contribution in [-0.2, 0) is 4.74 Å². The number of hydrogen-bond donors (Lipinski definition) is 1. The van der Waals surface area contributed by atoms with Crippen LogP contribution in [0, 0.1) is 0 Å². The lowest BCUT2D eigenvalue weighted by Gasteiger charge is -2.22. The topological polar surface area (TPSA) is 39.7 Å². The second-order valence-corrected chi connectivity index (χ2v) is 4.34. The SMILES string of the molecule is CNC[C@H](OC(C)C)c1ccc(OC)cc1OC. The van der Waals surface area contributed by atoms with Crippen LogP contribution >= 0.6 is 0 Å². The van der Waals surface area contributed by atoms with E-state index in [4.69, 9.17) is 14.2 Å². The lowest BCUT2D eigenvalue weighted by Crippen LogP contribution is -2.22. The summed E-state index contributed by atoms with van der Waals surface area (Å²) in [5.74, 6) is 1.57. The Morgan fingerprint density at radius 2 is 1.89 bits per heavy atom. The lowest BCUT2D eigenvalue weighted by atomic mass is 10.1. The van der Waals surface area contributed by atoms with E-state index in [2.05, 4.69) is 5.32 Å². The molecule has 0 heterocycles. The lowest BCUT2D eigenvalue weighted by molar-refractivity contribution is 0.00692. The zero-order valence-corrected chi connectivity index (χ0v) is 11.8. The molecule has 0 spiro atoms. The van der Waals surface area contributed by atoms with Gasteiger partial charge in [0.25, 0.3) is 0 Å². The molecule has 1 N–H and O–H groups in total. The Hall–Kier alpha value is -1.26. The minimum absolute atomic E-state index is 0.0316. The van der Waals surface area contributed by atoms with E-state index in [1.54, 1.807) is 14.2 Å². The zero-order chi connectivity index (χ0) is 13.5. The number of benzene rings is 1. The van der Waals surface area contributed by atoms with Crippen molar-refractivity contribution in [2.24, 2.45) is 0 Å². The van der Waals surface area contributed by atoms with Crippen LogP contribution in [0.2, 0.25) is 0 Å². The quantitative estimate of drug-likeness (QED) is 0.810. The van der Waals surface area contributed by atoms with Gasteiger partial charge in [-0.05, 0) is 33.0 Å². The molecule has 0 aliphatic carbocycles. The van der Waals surface area contributed by atoms with Gasteiger partial charge in [0.2, 0.25) is 0 Å². The Morgan fingerprint density at radius 1 is 1.17 bits per heavy atom. The molecular weight excluding hydrogens is 230 g/mol. The first-order valence-electron chi connectivity index (χ1n) is 6.14. The van der Waals surface area contributed by atoms with E-state index in [1.807, 2.05) is 39.1 Å². The maximum Gasteiger partial charge on any atom is 0.128 e. The van der Waals surface area contributed by atoms with Crippen molar-refractivity contribution in [3.8, 4) is 11.5 Å². The van der Waals surface area contributed by atoms with Crippen molar-refractivity contribution in [2.75, 3.05) is 27.8 Å². The normalized spacial score (nSPS) is 12.6. The molecule has 1 atom stereocenters. The molecule has 0 aliphatic rings. The second kappa shape index (κ2) is 7.24. The standard InChI is InChI=1S/C14H23NO3/c1-10(2)18-14(9-15-3)12-7-6-11(16-4)8-13(12)17-5/h6-8,10,14-15H,9H2,1-5H3/t14-/m0/s1. The molecule has 0 amide bonds. The van der Waals surface area contributed by atoms with Crippen LogP contribution in [-0.4, -0.2) is 33.9 Å². The summed E-state index contributed by atoms with van der Waals surface area (Å²) in [5.41, 5.74) is 1.03. The van der Waals surface area contributed by atoms with Crippen molar-refractivity contribution < 1.29 is 14.2 Å². The number of methoxy groups -OCH3 is 2. The molecular formula is C14H23NO3. The van der Waals surface area contributed by atoms with Crippen LogP contribution in [0.4, 0.5) is 0 Å². The van der Waals surface area contributed by atoms with Crippen LogP contribution in [0.25, 0.3) is 0 Å². The predicted molar refractivity (Wildman–Crippen MR) is 72.4 cm³/mol. The Bertz CT molecular complexity index is 366. The van der Waals surface area contributed by atoms with E-state index < -0.39 is 0 Å². The average molecular weight is 253 g/mol. The highest BCUT2D eigenvalue weighted by Gasteiger charge is 2.18. The predicted octanol–water partition coefficient (Wildman–Crippen LogP) is 2.39. The van der Waals surface area contributed by atoms with E-state index in [-0.39, 0.29) is 12.2 Å². The van der Waals surface area contributed by atoms with Gasteiger partial charge in [-0.1, -0.05) is 0 Å². The fraction of sp³-hybridized carbons (Fsp3) is 0.571. The summed E-state index contributed by atoms with van der Waals surface area (Å²) in [6.45, 7) is 4.79. The van der Waals surface area contributed by atoms with Gasteiger partial charge >= 0.3 is 0 Å². The second-order valence-electron chi connectivity index (χ2n) is 4.34. The van der Waals surface area contributed by atoms with E-state index in [1.165, 1.54) is 0 Å². The molecule has 0 aliphatic heterocycles. The third kappa shape index (κ3) is 3.89. The van der Waals surface area contributed by atoms with Gasteiger partial charge in [0.1, 0.15) is 11.5 Å². The first-order valence-corrected chi connectivity index (χ1v) is 6.14. The monoisotopic (exact) mass is 253 g/mol. The fourth-order valence-corrected chi connectivity index (χ4v) is 1.83. The van der Waals surface area contributed by atoms with Crippen LogP contribution in [0.15, 0.2) is 18.2 Å². The first kappa shape index (κ1) is 14.8. The molecule has 0 saturated heterocycles. The summed E-state index contributed by atoms with van der Waals surface area (Å²) in [5, 5.41) is 3.14. The first-order chi connectivity index (χ1) is 8.62. The van der Waals surface area contributed by atoms with Crippen molar-refractivity contribution in [1.29, 1.82) is 0 Å². The van der Waals surface area contributed by atoms with Gasteiger partial charge in [-0.15, -0.1) is 0 Å². The molecule has 0 unspecified atom stereocenters. The minimum atomic E-state index is -0.0316. The Labute approximate surface area is 109 Å². The molecule has 0 aromatic heterocycles. The molecule has 18 heavy (non-hydrogen) atoms. The molecule has 0 bridgehead atoms. The number of hydrogen-bond acceptors (Lipinski definition) is 4. The minimum Gasteiger partial charge on any atom is -0.497 e. The number of rotatable bonds is 7. The van der Waals surface area contributed by atoms with E-state index in [9.17, 15) is 0 Å². The van der Waals surface area contributed by atoms with E-state index in [0.717, 1.165) is 23.6 Å². The smallest absolute Gasteiger partial charge is 0.128 e. The van der Waals surface area contributed by atoms with Gasteiger partial charge in [-0.25, -0.2) is 0 Å². The van der Waals surface area contributed by atoms with Crippen LogP contribution in [0.1, 0.15) is 25.5 Å². The number of likely N-dealkylation sites (N-methyl/N-ethyl adjacent to an activating group) is 1. The van der Waals surface area contributed by atoms with Crippen molar-refractivity contribution in [2.45, 2.75) is 26.1 Å². The van der Waals surface area contributed by atoms with Gasteiger partial charge in [0.05, 0.1) is 26.4 Å². The van der Waals surface area contributed by atoms with Crippen LogP contribution in [0.3, 0.4) is 0 Å². The van der Waals surface area contributed by atoms with Crippen LogP contribution < -0.4 is 14.8 Å². The molecule has 1 aromatic rings. The summed E-state index contributed by atoms with van der Waals surface area (Å²) < 4.78 is 16.5. The van der Waals surface area contributed by atoms with Crippen molar-refractivity contribution in [1.82, 2.24) is 5.32 Å². The summed E-state index contributed by atoms with van der Waals surface area (Å²) >= 11 is 0. The summed E-state index contributed by atoms with van der Waals surface area (Å²) in [6, 6.07) is 5.79. The van der Waals surface area contributed by atoms with Gasteiger partial charge in [0.15, 0.2) is 0 Å². The van der Waals surface area contributed by atoms with Gasteiger partial charge in [-0.2, -0.15) is 0 Å². The highest BCUT2D eigenvalue weighted by molar-refractivity contribution is 5.42. The van der Waals surface area contributed by atoms with Crippen molar-refractivity contribution in [3.05, 3.63) is 23.8 Å². The van der Waals surface area contributed by atoms with Crippen molar-refractivity contribution >= 4 is 0 Å². The summed E-state index contributed by atoms with van der Waals surface area (Å²) in [4.78, 5) is 0.